The number of amides is 1. The number of Topliss-reactive ketones (excluding diaryl/α,β-unsaturated/α-hetero) is 1. The van der Waals surface area contributed by atoms with Gasteiger partial charge in [0.2, 0.25) is 5.91 Å². The Morgan fingerprint density at radius 3 is 1.35 bits per heavy atom. The van der Waals surface area contributed by atoms with Gasteiger partial charge in [0.05, 0.1) is 45.8 Å². The van der Waals surface area contributed by atoms with Gasteiger partial charge in [-0.2, -0.15) is 0 Å². The number of hydrogen-bond donors (Lipinski definition) is 5. The number of carbonyl (C=O) groups is 6. The fourth-order valence-corrected chi connectivity index (χ4v) is 4.53. The lowest BCUT2D eigenvalue weighted by Gasteiger charge is -2.32. The van der Waals surface area contributed by atoms with Crippen LogP contribution in [-0.4, -0.2) is 210 Å². The summed E-state index contributed by atoms with van der Waals surface area (Å²) in [6.07, 6.45) is 0. The predicted octanol–water partition coefficient (Wildman–Crippen LogP) is -3.51. The zero-order valence-electron chi connectivity index (χ0n) is 25.1. The van der Waals surface area contributed by atoms with Gasteiger partial charge in [-0.25, -0.2) is 0 Å². The molecule has 0 aromatic heterocycles. The molecule has 1 aliphatic heterocycles. The second-order valence-electron chi connectivity index (χ2n) is 10.6. The molecule has 1 amide bonds. The van der Waals surface area contributed by atoms with Gasteiger partial charge < -0.3 is 25.7 Å². The quantitative estimate of drug-likeness (QED) is 0.101. The van der Waals surface area contributed by atoms with Crippen LogP contribution in [0.25, 0.3) is 0 Å². The molecule has 246 valence electrons. The zero-order chi connectivity index (χ0) is 32.4. The molecule has 5 N–H and O–H groups in total. The molecule has 0 saturated carbocycles. The van der Waals surface area contributed by atoms with Crippen LogP contribution in [0.3, 0.4) is 0 Å². The topological polar surface area (TPSA) is 215 Å². The first-order valence-corrected chi connectivity index (χ1v) is 14.2. The van der Waals surface area contributed by atoms with E-state index in [1.807, 2.05) is 6.92 Å². The van der Waals surface area contributed by atoms with Crippen molar-refractivity contribution < 1.29 is 49.2 Å². The van der Waals surface area contributed by atoms with Crippen LogP contribution in [0.4, 0.5) is 0 Å². The highest BCUT2D eigenvalue weighted by Crippen LogP contribution is 2.02. The van der Waals surface area contributed by atoms with Gasteiger partial charge in [-0.3, -0.25) is 58.2 Å². The number of hydrogen-bond acceptors (Lipinski definition) is 12. The van der Waals surface area contributed by atoms with Crippen LogP contribution < -0.4 is 5.32 Å². The number of nitrogens with zero attached hydrogens (tertiary/aromatic N) is 6. The third-order valence-corrected chi connectivity index (χ3v) is 6.91. The van der Waals surface area contributed by atoms with Gasteiger partial charge in [0.15, 0.2) is 5.78 Å². The molecule has 0 aliphatic carbocycles. The van der Waals surface area contributed by atoms with Crippen LogP contribution in [0, 0.1) is 0 Å². The Balaban J connectivity index is 2.75. The molecule has 17 nitrogen and oxygen atoms in total. The molecule has 1 saturated heterocycles. The van der Waals surface area contributed by atoms with Gasteiger partial charge in [-0.1, -0.05) is 6.92 Å². The lowest BCUT2D eigenvalue weighted by molar-refractivity contribution is -0.140. The van der Waals surface area contributed by atoms with Crippen molar-refractivity contribution in [1.82, 2.24) is 34.7 Å². The molecule has 0 atom stereocenters. The Morgan fingerprint density at radius 1 is 0.605 bits per heavy atom. The zero-order valence-corrected chi connectivity index (χ0v) is 25.1. The summed E-state index contributed by atoms with van der Waals surface area (Å²) in [4.78, 5) is 80.5. The summed E-state index contributed by atoms with van der Waals surface area (Å²) in [6.45, 7) is 4.51. The monoisotopic (exact) mass is 617 g/mol. The van der Waals surface area contributed by atoms with E-state index in [1.165, 1.54) is 0 Å². The fraction of sp³-hybridized carbons (Fsp3) is 0.769. The fourth-order valence-electron chi connectivity index (χ4n) is 4.53. The highest BCUT2D eigenvalue weighted by Gasteiger charge is 2.21. The van der Waals surface area contributed by atoms with E-state index in [2.05, 4.69) is 5.32 Å². The second-order valence-corrected chi connectivity index (χ2v) is 10.6. The molecular formula is C26H47N7O10. The normalized spacial score (nSPS) is 16.8. The first kappa shape index (κ1) is 37.8. The summed E-state index contributed by atoms with van der Waals surface area (Å²) in [6, 6.07) is 0. The van der Waals surface area contributed by atoms with E-state index in [4.69, 9.17) is 5.11 Å². The van der Waals surface area contributed by atoms with Crippen LogP contribution >= 0.6 is 0 Å². The summed E-state index contributed by atoms with van der Waals surface area (Å²) in [7, 11) is 1.73. The van der Waals surface area contributed by atoms with Gasteiger partial charge in [-0.05, 0) is 13.6 Å². The first-order chi connectivity index (χ1) is 20.3. The molecule has 1 aliphatic rings. The first-order valence-electron chi connectivity index (χ1n) is 14.2. The van der Waals surface area contributed by atoms with Gasteiger partial charge in [0.25, 0.3) is 0 Å². The maximum atomic E-state index is 12.7. The minimum Gasteiger partial charge on any atom is -0.480 e. The van der Waals surface area contributed by atoms with Crippen LogP contribution in [0.2, 0.25) is 0 Å². The maximum absolute atomic E-state index is 12.7. The summed E-state index contributed by atoms with van der Waals surface area (Å²) in [5.74, 6) is -4.68. The molecule has 1 fully saturated rings. The van der Waals surface area contributed by atoms with Crippen LogP contribution in [0.15, 0.2) is 0 Å². The summed E-state index contributed by atoms with van der Waals surface area (Å²) in [5, 5.41) is 39.5. The molecule has 0 bridgehead atoms. The van der Waals surface area contributed by atoms with Crippen molar-refractivity contribution in [1.29, 1.82) is 0 Å². The van der Waals surface area contributed by atoms with Gasteiger partial charge in [0.1, 0.15) is 0 Å². The number of rotatable bonds is 18. The van der Waals surface area contributed by atoms with Gasteiger partial charge >= 0.3 is 23.9 Å². The lowest BCUT2D eigenvalue weighted by Crippen LogP contribution is -2.50. The van der Waals surface area contributed by atoms with Crippen molar-refractivity contribution in [2.75, 3.05) is 125 Å². The summed E-state index contributed by atoms with van der Waals surface area (Å²) in [5.41, 5.74) is 0. The number of carboxylic acids is 4. The number of nitrogens with one attached hydrogen (secondary N) is 1. The maximum Gasteiger partial charge on any atom is 0.317 e. The molecule has 1 heterocycles. The second kappa shape index (κ2) is 20.6. The third kappa shape index (κ3) is 18.8. The minimum absolute atomic E-state index is 0.0712. The standard InChI is InChI=1S/C26H47N7O10/c1-3-29(17-23(36)37)5-4-28(2)15-21(34)14-27-22(35)16-30-6-8-31(18-24(38)39)10-12-33(20-26(42)43)13-11-32(9-7-30)19-25(40)41/h3-20H2,1-2H3,(H,27,35)(H,36,37)(H,38,39)(H,40,41)(H,42,43). The molecule has 0 aromatic carbocycles. The van der Waals surface area contributed by atoms with Crippen molar-refractivity contribution in [3.8, 4) is 0 Å². The van der Waals surface area contributed by atoms with Gasteiger partial charge in [0, 0.05) is 65.4 Å². The molecule has 0 radical (unpaired) electrons. The van der Waals surface area contributed by atoms with E-state index >= 15 is 0 Å². The summed E-state index contributed by atoms with van der Waals surface area (Å²) >= 11 is 0. The van der Waals surface area contributed by atoms with Gasteiger partial charge in [-0.15, -0.1) is 0 Å². The number of carbonyl (C=O) groups excluding carboxylic acids is 2. The van der Waals surface area contributed by atoms with Crippen molar-refractivity contribution in [3.63, 3.8) is 0 Å². The van der Waals surface area contributed by atoms with E-state index in [0.29, 0.717) is 32.7 Å². The van der Waals surface area contributed by atoms with Crippen LogP contribution in [0.1, 0.15) is 6.92 Å². The SMILES string of the molecule is CCN(CCN(C)CC(=O)CNC(=O)CN1CCN(CC(=O)O)CCN(CC(=O)O)CCN(CC(=O)O)CC1)CC(=O)O. The Bertz CT molecular complexity index is 906. The number of carboxylic acid groups (broad SMARTS) is 4. The average Bonchev–Trinajstić information content (AvgIpc) is 2.90. The van der Waals surface area contributed by atoms with Crippen molar-refractivity contribution >= 4 is 35.6 Å². The molecule has 0 unspecified atom stereocenters. The van der Waals surface area contributed by atoms with Crippen LogP contribution in [0.5, 0.6) is 0 Å². The Hall–Kier alpha value is -3.22. The van der Waals surface area contributed by atoms with Crippen molar-refractivity contribution in [3.05, 3.63) is 0 Å². The summed E-state index contributed by atoms with van der Waals surface area (Å²) < 4.78 is 0. The number of likely N-dealkylation sites (N-methyl/N-ethyl adjacent to an activating group) is 2. The van der Waals surface area contributed by atoms with Crippen molar-refractivity contribution in [2.45, 2.75) is 6.92 Å². The van der Waals surface area contributed by atoms with E-state index in [1.54, 1.807) is 36.4 Å². The van der Waals surface area contributed by atoms with Crippen LogP contribution in [-0.2, 0) is 28.8 Å². The Kier molecular flexibility index (Phi) is 18.2. The number of aliphatic carboxylic acids is 4. The molecule has 17 heteroatoms. The molecule has 0 aromatic rings. The van der Waals surface area contributed by atoms with E-state index in [-0.39, 0.29) is 90.9 Å². The molecule has 1 rings (SSSR count). The molecular weight excluding hydrogens is 570 g/mol. The average molecular weight is 618 g/mol. The Morgan fingerprint density at radius 2 is 1.00 bits per heavy atom. The van der Waals surface area contributed by atoms with Crippen molar-refractivity contribution in [2.24, 2.45) is 0 Å². The largest absolute Gasteiger partial charge is 0.480 e. The molecule has 0 spiro atoms. The third-order valence-electron chi connectivity index (χ3n) is 6.91. The highest BCUT2D eigenvalue weighted by molar-refractivity contribution is 5.87. The smallest absolute Gasteiger partial charge is 0.317 e. The lowest BCUT2D eigenvalue weighted by atomic mass is 10.3. The highest BCUT2D eigenvalue weighted by atomic mass is 16.4. The molecule has 43 heavy (non-hydrogen) atoms. The minimum atomic E-state index is -1.04. The predicted molar refractivity (Wildman–Crippen MR) is 154 cm³/mol. The Labute approximate surface area is 251 Å². The van der Waals surface area contributed by atoms with E-state index < -0.39 is 29.8 Å². The van der Waals surface area contributed by atoms with E-state index in [9.17, 15) is 44.1 Å². The number of ketones is 1. The van der Waals surface area contributed by atoms with E-state index in [0.717, 1.165) is 0 Å².